The maximum Gasteiger partial charge on any atom is 0.00344 e. The molecule has 0 nitrogen and oxygen atoms in total. The molecule has 0 aliphatic carbocycles. The summed E-state index contributed by atoms with van der Waals surface area (Å²) in [6.07, 6.45) is 3.62. The van der Waals surface area contributed by atoms with Crippen LogP contribution in [0.15, 0.2) is 24.3 Å². The molecule has 14 heavy (non-hydrogen) atoms. The van der Waals surface area contributed by atoms with E-state index in [1.807, 2.05) is 0 Å². The van der Waals surface area contributed by atoms with E-state index in [-0.39, 0.29) is 0 Å². The second kappa shape index (κ2) is 6.23. The van der Waals surface area contributed by atoms with Crippen molar-refractivity contribution >= 4 is 15.9 Å². The van der Waals surface area contributed by atoms with Crippen molar-refractivity contribution in [2.75, 3.05) is 5.33 Å². The predicted molar refractivity (Wildman–Crippen MR) is 67.1 cm³/mol. The highest BCUT2D eigenvalue weighted by molar-refractivity contribution is 9.09. The Morgan fingerprint density at radius 2 is 1.93 bits per heavy atom. The molecule has 0 radical (unpaired) electrons. The summed E-state index contributed by atoms with van der Waals surface area (Å²) in [5.41, 5.74) is 2.95. The van der Waals surface area contributed by atoms with Crippen LogP contribution in [-0.2, 0) is 12.8 Å². The van der Waals surface area contributed by atoms with Gasteiger partial charge in [-0.1, -0.05) is 54.0 Å². The third-order valence-corrected chi connectivity index (χ3v) is 2.80. The summed E-state index contributed by atoms with van der Waals surface area (Å²) in [4.78, 5) is 0. The van der Waals surface area contributed by atoms with Gasteiger partial charge >= 0.3 is 0 Å². The Morgan fingerprint density at radius 1 is 1.21 bits per heavy atom. The van der Waals surface area contributed by atoms with Crippen LogP contribution in [0.4, 0.5) is 0 Å². The van der Waals surface area contributed by atoms with Gasteiger partial charge in [-0.2, -0.15) is 0 Å². The lowest BCUT2D eigenvalue weighted by Gasteiger charge is -2.06. The second-order valence-corrected chi connectivity index (χ2v) is 5.00. The van der Waals surface area contributed by atoms with Gasteiger partial charge in [0.2, 0.25) is 0 Å². The first-order chi connectivity index (χ1) is 6.72. The van der Waals surface area contributed by atoms with E-state index < -0.39 is 0 Å². The molecule has 1 heteroatoms. The van der Waals surface area contributed by atoms with Gasteiger partial charge in [-0.3, -0.25) is 0 Å². The summed E-state index contributed by atoms with van der Waals surface area (Å²) >= 11 is 3.47. The molecule has 1 rings (SSSR count). The topological polar surface area (TPSA) is 0 Å². The molecule has 0 saturated carbocycles. The van der Waals surface area contributed by atoms with Crippen LogP contribution >= 0.6 is 15.9 Å². The van der Waals surface area contributed by atoms with E-state index in [2.05, 4.69) is 54.0 Å². The van der Waals surface area contributed by atoms with Crippen molar-refractivity contribution in [3.63, 3.8) is 0 Å². The average Bonchev–Trinajstić information content (AvgIpc) is 2.14. The molecule has 0 N–H and O–H groups in total. The largest absolute Gasteiger partial charge is 0.0928 e. The fraction of sp³-hybridized carbons (Fsp3) is 0.538. The third kappa shape index (κ3) is 4.28. The Kier molecular flexibility index (Phi) is 5.24. The average molecular weight is 255 g/mol. The molecule has 0 aliphatic heterocycles. The van der Waals surface area contributed by atoms with Crippen LogP contribution in [0.25, 0.3) is 0 Å². The van der Waals surface area contributed by atoms with Gasteiger partial charge in [0.1, 0.15) is 0 Å². The molecule has 1 aromatic rings. The smallest absolute Gasteiger partial charge is 0.00344 e. The molecule has 0 saturated heterocycles. The number of aryl methyl sites for hydroxylation is 1. The minimum Gasteiger partial charge on any atom is -0.0928 e. The van der Waals surface area contributed by atoms with Crippen LogP contribution in [0.1, 0.15) is 31.4 Å². The predicted octanol–water partition coefficient (Wildman–Crippen LogP) is 4.21. The maximum atomic E-state index is 3.47. The summed E-state index contributed by atoms with van der Waals surface area (Å²) in [6.45, 7) is 4.54. The summed E-state index contributed by atoms with van der Waals surface area (Å²) in [5, 5.41) is 1.10. The molecule has 0 aromatic heterocycles. The van der Waals surface area contributed by atoms with Gasteiger partial charge in [-0.25, -0.2) is 0 Å². The number of benzene rings is 1. The molecule has 0 bridgehead atoms. The Morgan fingerprint density at radius 3 is 2.57 bits per heavy atom. The van der Waals surface area contributed by atoms with Crippen molar-refractivity contribution in [2.24, 2.45) is 5.92 Å². The Labute approximate surface area is 95.9 Å². The van der Waals surface area contributed by atoms with Gasteiger partial charge in [-0.05, 0) is 36.3 Å². The van der Waals surface area contributed by atoms with Crippen LogP contribution in [0.2, 0.25) is 0 Å². The first-order valence-corrected chi connectivity index (χ1v) is 6.48. The quantitative estimate of drug-likeness (QED) is 0.691. The summed E-state index contributed by atoms with van der Waals surface area (Å²) in [7, 11) is 0. The SMILES string of the molecule is CC(C)Cc1cccc(CCCBr)c1. The van der Waals surface area contributed by atoms with E-state index in [1.165, 1.54) is 30.4 Å². The number of alkyl halides is 1. The molecule has 78 valence electrons. The van der Waals surface area contributed by atoms with E-state index in [0.29, 0.717) is 0 Å². The highest BCUT2D eigenvalue weighted by Gasteiger charge is 1.99. The number of hydrogen-bond donors (Lipinski definition) is 0. The molecule has 0 amide bonds. The van der Waals surface area contributed by atoms with E-state index in [4.69, 9.17) is 0 Å². The Balaban J connectivity index is 2.59. The molecular formula is C13H19Br. The molecule has 0 spiro atoms. The highest BCUT2D eigenvalue weighted by Crippen LogP contribution is 2.12. The van der Waals surface area contributed by atoms with Crippen molar-refractivity contribution in [3.8, 4) is 0 Å². The Hall–Kier alpha value is -0.300. The van der Waals surface area contributed by atoms with Crippen molar-refractivity contribution in [3.05, 3.63) is 35.4 Å². The van der Waals surface area contributed by atoms with E-state index >= 15 is 0 Å². The van der Waals surface area contributed by atoms with E-state index in [1.54, 1.807) is 0 Å². The summed E-state index contributed by atoms with van der Waals surface area (Å²) in [6, 6.07) is 8.99. The number of halogens is 1. The van der Waals surface area contributed by atoms with Crippen molar-refractivity contribution in [2.45, 2.75) is 33.1 Å². The molecule has 0 atom stereocenters. The van der Waals surface area contributed by atoms with Crippen molar-refractivity contribution in [1.82, 2.24) is 0 Å². The van der Waals surface area contributed by atoms with Crippen LogP contribution in [0.5, 0.6) is 0 Å². The molecular weight excluding hydrogens is 236 g/mol. The van der Waals surface area contributed by atoms with Crippen molar-refractivity contribution < 1.29 is 0 Å². The Bertz CT molecular complexity index is 266. The highest BCUT2D eigenvalue weighted by atomic mass is 79.9. The maximum absolute atomic E-state index is 3.47. The second-order valence-electron chi connectivity index (χ2n) is 4.21. The normalized spacial score (nSPS) is 10.9. The lowest BCUT2D eigenvalue weighted by Crippen LogP contribution is -1.95. The monoisotopic (exact) mass is 254 g/mol. The van der Waals surface area contributed by atoms with Gasteiger partial charge in [0.15, 0.2) is 0 Å². The van der Waals surface area contributed by atoms with Crippen LogP contribution in [-0.4, -0.2) is 5.33 Å². The van der Waals surface area contributed by atoms with Gasteiger partial charge < -0.3 is 0 Å². The first-order valence-electron chi connectivity index (χ1n) is 5.36. The lowest BCUT2D eigenvalue weighted by atomic mass is 10.00. The molecule has 0 unspecified atom stereocenters. The molecule has 0 heterocycles. The van der Waals surface area contributed by atoms with Gasteiger partial charge in [-0.15, -0.1) is 0 Å². The zero-order valence-electron chi connectivity index (χ0n) is 9.09. The van der Waals surface area contributed by atoms with Gasteiger partial charge in [0.05, 0.1) is 0 Å². The third-order valence-electron chi connectivity index (χ3n) is 2.23. The number of hydrogen-bond acceptors (Lipinski definition) is 0. The zero-order chi connectivity index (χ0) is 10.4. The first kappa shape index (κ1) is 11.8. The summed E-state index contributed by atoms with van der Waals surface area (Å²) < 4.78 is 0. The van der Waals surface area contributed by atoms with Crippen molar-refractivity contribution in [1.29, 1.82) is 0 Å². The molecule has 0 fully saturated rings. The fourth-order valence-electron chi connectivity index (χ4n) is 1.65. The zero-order valence-corrected chi connectivity index (χ0v) is 10.7. The summed E-state index contributed by atoms with van der Waals surface area (Å²) in [5.74, 6) is 0.751. The molecule has 0 aliphatic rings. The van der Waals surface area contributed by atoms with E-state index in [0.717, 1.165) is 11.2 Å². The van der Waals surface area contributed by atoms with Crippen LogP contribution in [0.3, 0.4) is 0 Å². The standard InChI is InChI=1S/C13H19Br/c1-11(2)9-13-6-3-5-12(10-13)7-4-8-14/h3,5-6,10-11H,4,7-9H2,1-2H3. The van der Waals surface area contributed by atoms with E-state index in [9.17, 15) is 0 Å². The van der Waals surface area contributed by atoms with Crippen LogP contribution in [0, 0.1) is 5.92 Å². The van der Waals surface area contributed by atoms with Gasteiger partial charge in [0, 0.05) is 5.33 Å². The molecule has 1 aromatic carbocycles. The fourth-order valence-corrected chi connectivity index (χ4v) is 1.93. The minimum absolute atomic E-state index is 0.751. The minimum atomic E-state index is 0.751. The lowest BCUT2D eigenvalue weighted by molar-refractivity contribution is 0.646. The van der Waals surface area contributed by atoms with Crippen LogP contribution < -0.4 is 0 Å². The number of rotatable bonds is 5. The van der Waals surface area contributed by atoms with Gasteiger partial charge in [0.25, 0.3) is 0 Å².